The number of aliphatic hydroxyl groups excluding tert-OH is 1. The maximum Gasteiger partial charge on any atom is 0.188 e. The normalized spacial score (nSPS) is 14.2. The molecule has 2 aromatic heterocycles. The molecule has 0 radical (unpaired) electrons. The Kier molecular flexibility index (Phi) is 9.13. The molecule has 3 aromatic rings. The van der Waals surface area contributed by atoms with E-state index in [9.17, 15) is 5.11 Å². The van der Waals surface area contributed by atoms with Gasteiger partial charge in [0.2, 0.25) is 0 Å². The predicted molar refractivity (Wildman–Crippen MR) is 145 cm³/mol. The molecule has 1 fully saturated rings. The lowest BCUT2D eigenvalue weighted by atomic mass is 9.92. The summed E-state index contributed by atoms with van der Waals surface area (Å²) in [7, 11) is 4.80. The van der Waals surface area contributed by atoms with Crippen LogP contribution in [0.5, 0.6) is 0 Å². The van der Waals surface area contributed by atoms with Gasteiger partial charge < -0.3 is 28.6 Å². The molecule has 0 aliphatic heterocycles. The molecule has 0 saturated heterocycles. The predicted octanol–water partition coefficient (Wildman–Crippen LogP) is 5.73. The number of aryl methyl sites for hydroxylation is 1. The van der Waals surface area contributed by atoms with Crippen LogP contribution in [0.1, 0.15) is 30.5 Å². The maximum absolute atomic E-state index is 15.2. The fourth-order valence-electron chi connectivity index (χ4n) is 4.74. The first-order chi connectivity index (χ1) is 17.7. The van der Waals surface area contributed by atoms with E-state index < -0.39 is 18.2 Å². The Bertz CT molecular complexity index is 1270. The van der Waals surface area contributed by atoms with Crippen molar-refractivity contribution in [2.24, 2.45) is 0 Å². The summed E-state index contributed by atoms with van der Waals surface area (Å²) >= 11 is 9.59. The minimum atomic E-state index is -0.826. The molecule has 0 unspecified atom stereocenters. The Morgan fingerprint density at radius 1 is 1.22 bits per heavy atom. The monoisotopic (exact) mass is 595 g/mol. The van der Waals surface area contributed by atoms with Crippen molar-refractivity contribution in [3.8, 4) is 11.3 Å². The topological polar surface area (TPSA) is 68.5 Å². The molecule has 4 rings (SSSR count). The van der Waals surface area contributed by atoms with Gasteiger partial charge in [0.25, 0.3) is 0 Å². The van der Waals surface area contributed by atoms with Gasteiger partial charge in [-0.2, -0.15) is 0 Å². The number of aliphatic hydroxyl groups is 1. The minimum absolute atomic E-state index is 0.223. The highest BCUT2D eigenvalue weighted by molar-refractivity contribution is 9.10. The molecule has 2 heterocycles. The van der Waals surface area contributed by atoms with Crippen molar-refractivity contribution >= 4 is 33.2 Å². The molecular weight excluding hydrogens is 565 g/mol. The first kappa shape index (κ1) is 27.9. The third-order valence-electron chi connectivity index (χ3n) is 6.67. The first-order valence-electron chi connectivity index (χ1n) is 12.1. The molecular formula is C27H32BrClFN3O4. The van der Waals surface area contributed by atoms with Crippen molar-refractivity contribution in [3.63, 3.8) is 0 Å². The smallest absolute Gasteiger partial charge is 0.188 e. The Morgan fingerprint density at radius 3 is 2.54 bits per heavy atom. The van der Waals surface area contributed by atoms with Crippen LogP contribution in [0.15, 0.2) is 46.4 Å². The summed E-state index contributed by atoms with van der Waals surface area (Å²) < 4.78 is 34.3. The zero-order valence-electron chi connectivity index (χ0n) is 21.4. The summed E-state index contributed by atoms with van der Waals surface area (Å²) in [6.07, 6.45) is 3.73. The molecule has 200 valence electrons. The largest absolute Gasteiger partial charge is 0.482 e. The molecule has 1 saturated carbocycles. The molecule has 1 aliphatic carbocycles. The van der Waals surface area contributed by atoms with Gasteiger partial charge in [-0.05, 0) is 55.5 Å². The quantitative estimate of drug-likeness (QED) is 0.225. The number of halogens is 3. The highest BCUT2D eigenvalue weighted by Gasteiger charge is 2.27. The lowest BCUT2D eigenvalue weighted by Crippen LogP contribution is -2.41. The Labute approximate surface area is 229 Å². The van der Waals surface area contributed by atoms with Gasteiger partial charge in [0, 0.05) is 54.5 Å². The maximum atomic E-state index is 15.2. The Morgan fingerprint density at radius 2 is 1.95 bits per heavy atom. The van der Waals surface area contributed by atoms with Crippen LogP contribution in [0.2, 0.25) is 5.02 Å². The molecule has 7 nitrogen and oxygen atoms in total. The van der Waals surface area contributed by atoms with Crippen molar-refractivity contribution in [2.75, 3.05) is 34.4 Å². The number of ether oxygens (including phenoxy) is 3. The minimum Gasteiger partial charge on any atom is -0.482 e. The number of methoxy groups -OCH3 is 3. The summed E-state index contributed by atoms with van der Waals surface area (Å²) in [5, 5.41) is 11.9. The molecule has 1 aliphatic rings. The molecule has 0 amide bonds. The van der Waals surface area contributed by atoms with Gasteiger partial charge in [-0.3, -0.25) is 0 Å². The van der Waals surface area contributed by atoms with E-state index in [0.29, 0.717) is 38.6 Å². The first-order valence-corrected chi connectivity index (χ1v) is 13.3. The highest BCUT2D eigenvalue weighted by Crippen LogP contribution is 2.34. The van der Waals surface area contributed by atoms with Crippen LogP contribution < -0.4 is 0 Å². The Hall–Kier alpha value is -2.17. The van der Waals surface area contributed by atoms with E-state index in [1.54, 1.807) is 39.7 Å². The fraction of sp³-hybridized carbons (Fsp3) is 0.444. The second kappa shape index (κ2) is 12.1. The standard InChI is InChI=1S/C27H32BrClFN3O4/c1-16-10-18(28)11-21(30)25(16)26-22(33-9-8-19(29)12-23(33)31-26)13-20(34)14-32(15-24(35-2)36-3)27(37-4)17-6-5-7-17/h8-12,20,24,34H,5-7,13-15H2,1-4H3/t20-/m0/s1. The molecule has 10 heteroatoms. The number of aromatic nitrogens is 2. The van der Waals surface area contributed by atoms with Crippen molar-refractivity contribution in [3.05, 3.63) is 68.5 Å². The Balaban J connectivity index is 1.71. The van der Waals surface area contributed by atoms with Crippen LogP contribution in [0.3, 0.4) is 0 Å². The summed E-state index contributed by atoms with van der Waals surface area (Å²) in [6.45, 7) is 2.48. The molecule has 0 spiro atoms. The van der Waals surface area contributed by atoms with Crippen molar-refractivity contribution in [1.82, 2.24) is 14.3 Å². The second-order valence-corrected chi connectivity index (χ2v) is 10.5. The molecule has 37 heavy (non-hydrogen) atoms. The number of fused-ring (bicyclic) bond motifs is 1. The van der Waals surface area contributed by atoms with Crippen LogP contribution in [0.25, 0.3) is 16.9 Å². The van der Waals surface area contributed by atoms with Gasteiger partial charge in [0.15, 0.2) is 12.2 Å². The van der Waals surface area contributed by atoms with E-state index in [0.717, 1.165) is 30.7 Å². The summed E-state index contributed by atoms with van der Waals surface area (Å²) in [4.78, 5) is 6.69. The zero-order chi connectivity index (χ0) is 26.7. The van der Waals surface area contributed by atoms with Gasteiger partial charge in [-0.25, -0.2) is 9.37 Å². The van der Waals surface area contributed by atoms with E-state index in [-0.39, 0.29) is 13.0 Å². The van der Waals surface area contributed by atoms with Gasteiger partial charge in [-0.15, -0.1) is 0 Å². The van der Waals surface area contributed by atoms with Gasteiger partial charge in [-0.1, -0.05) is 27.5 Å². The van der Waals surface area contributed by atoms with Crippen LogP contribution >= 0.6 is 27.5 Å². The summed E-state index contributed by atoms with van der Waals surface area (Å²) in [6, 6.07) is 6.75. The van der Waals surface area contributed by atoms with E-state index in [1.807, 2.05) is 22.3 Å². The van der Waals surface area contributed by atoms with Crippen LogP contribution in [-0.2, 0) is 20.6 Å². The molecule has 0 bridgehead atoms. The van der Waals surface area contributed by atoms with Crippen LogP contribution in [0, 0.1) is 12.7 Å². The van der Waals surface area contributed by atoms with E-state index in [4.69, 9.17) is 30.8 Å². The number of rotatable bonds is 11. The number of imidazole rings is 1. The van der Waals surface area contributed by atoms with Gasteiger partial charge >= 0.3 is 0 Å². The number of pyridine rings is 1. The highest BCUT2D eigenvalue weighted by atomic mass is 79.9. The van der Waals surface area contributed by atoms with Gasteiger partial charge in [0.1, 0.15) is 11.5 Å². The lowest BCUT2D eigenvalue weighted by molar-refractivity contribution is -0.120. The fourth-order valence-corrected chi connectivity index (χ4v) is 5.44. The average Bonchev–Trinajstić information content (AvgIpc) is 3.14. The average molecular weight is 597 g/mol. The summed E-state index contributed by atoms with van der Waals surface area (Å²) in [5.74, 6) is 0.350. The number of allylic oxidation sites excluding steroid dienone is 1. The number of hydrogen-bond donors (Lipinski definition) is 1. The van der Waals surface area contributed by atoms with Crippen molar-refractivity contribution in [2.45, 2.75) is 45.0 Å². The number of hydrogen-bond acceptors (Lipinski definition) is 6. The lowest BCUT2D eigenvalue weighted by Gasteiger charge is -2.34. The second-order valence-electron chi connectivity index (χ2n) is 9.19. The molecule has 1 aromatic carbocycles. The van der Waals surface area contributed by atoms with E-state index >= 15 is 4.39 Å². The number of benzene rings is 1. The van der Waals surface area contributed by atoms with E-state index in [1.165, 1.54) is 11.6 Å². The summed E-state index contributed by atoms with van der Waals surface area (Å²) in [5.41, 5.74) is 4.09. The number of nitrogens with zero attached hydrogens (tertiary/aromatic N) is 3. The molecule has 1 atom stereocenters. The van der Waals surface area contributed by atoms with E-state index in [2.05, 4.69) is 15.9 Å². The van der Waals surface area contributed by atoms with Crippen LogP contribution in [-0.4, -0.2) is 66.2 Å². The van der Waals surface area contributed by atoms with Crippen LogP contribution in [0.4, 0.5) is 4.39 Å². The zero-order valence-corrected chi connectivity index (χ0v) is 23.8. The van der Waals surface area contributed by atoms with Crippen molar-refractivity contribution < 1.29 is 23.7 Å². The van der Waals surface area contributed by atoms with Gasteiger partial charge in [0.05, 0.1) is 31.1 Å². The molecule has 1 N–H and O–H groups in total. The van der Waals surface area contributed by atoms with Crippen molar-refractivity contribution in [1.29, 1.82) is 0 Å². The third kappa shape index (κ3) is 6.12. The SMILES string of the molecule is COC(=C1CCC1)N(CC(OC)OC)C[C@@H](O)Cc1c(-c2c(C)cc(Br)cc2F)nc2cc(Cl)ccn12. The third-order valence-corrected chi connectivity index (χ3v) is 7.36.